The van der Waals surface area contributed by atoms with Crippen LogP contribution in [0.2, 0.25) is 0 Å². The van der Waals surface area contributed by atoms with Gasteiger partial charge in [0, 0.05) is 28.0 Å². The number of thioether (sulfide) groups is 2. The largest absolute Gasteiger partial charge is 0.425 e. The summed E-state index contributed by atoms with van der Waals surface area (Å²) in [6.07, 6.45) is 2.64. The molecule has 0 aromatic heterocycles. The zero-order valence-electron chi connectivity index (χ0n) is 31.2. The first-order valence-electron chi connectivity index (χ1n) is 16.1. The van der Waals surface area contributed by atoms with E-state index in [4.69, 9.17) is 15.6 Å². The van der Waals surface area contributed by atoms with Gasteiger partial charge in [0.1, 0.15) is 5.75 Å². The standard InChI is InChI=1S/C33H51NO2S2.C4H10.CH4O/c1-20(2)24-15-22(16-25(21(24)3)30(4,5)6)37-33(13,14)38-23-17-26(31(7,8)9)29(36-28(35)19-34)27(18-23)32(10,11)12;1-3-4-2;1-2/h15-18,20H,19,34H2,1-14H3;3-4H2,1-2H3;2H,1H3. The predicted molar refractivity (Wildman–Crippen MR) is 197 cm³/mol. The quantitative estimate of drug-likeness (QED) is 0.129. The van der Waals surface area contributed by atoms with E-state index in [2.05, 4.69) is 135 Å². The summed E-state index contributed by atoms with van der Waals surface area (Å²) in [6.45, 7) is 35.5. The minimum atomic E-state index is -0.410. The molecule has 3 N–H and O–H groups in total. The first kappa shape index (κ1) is 42.5. The Bertz CT molecular complexity index is 1160. The fourth-order valence-electron chi connectivity index (χ4n) is 4.78. The summed E-state index contributed by atoms with van der Waals surface area (Å²) in [5.41, 5.74) is 11.6. The molecule has 0 aliphatic rings. The lowest BCUT2D eigenvalue weighted by molar-refractivity contribution is -0.132. The smallest absolute Gasteiger partial charge is 0.325 e. The van der Waals surface area contributed by atoms with Gasteiger partial charge < -0.3 is 15.6 Å². The fourth-order valence-corrected chi connectivity index (χ4v) is 7.37. The van der Waals surface area contributed by atoms with Gasteiger partial charge in [-0.1, -0.05) is 103 Å². The zero-order valence-corrected chi connectivity index (χ0v) is 32.8. The van der Waals surface area contributed by atoms with Gasteiger partial charge in [-0.2, -0.15) is 0 Å². The Morgan fingerprint density at radius 2 is 1.11 bits per heavy atom. The van der Waals surface area contributed by atoms with Crippen molar-refractivity contribution in [3.8, 4) is 5.75 Å². The van der Waals surface area contributed by atoms with E-state index < -0.39 is 5.97 Å². The highest BCUT2D eigenvalue weighted by atomic mass is 32.2. The molecule has 6 heteroatoms. The normalized spacial score (nSPS) is 12.3. The van der Waals surface area contributed by atoms with E-state index in [9.17, 15) is 4.79 Å². The number of rotatable bonds is 8. The summed E-state index contributed by atoms with van der Waals surface area (Å²) >= 11 is 3.78. The van der Waals surface area contributed by atoms with Crippen LogP contribution in [0.5, 0.6) is 5.75 Å². The van der Waals surface area contributed by atoms with Crippen LogP contribution >= 0.6 is 23.5 Å². The highest BCUT2D eigenvalue weighted by Crippen LogP contribution is 2.50. The minimum absolute atomic E-state index is 0.0849. The summed E-state index contributed by atoms with van der Waals surface area (Å²) in [5, 5.41) is 7.00. The Kier molecular flexibility index (Phi) is 16.9. The second-order valence-corrected chi connectivity index (χ2v) is 18.9. The maximum Gasteiger partial charge on any atom is 0.325 e. The van der Waals surface area contributed by atoms with Crippen LogP contribution in [0.25, 0.3) is 0 Å². The molecule has 2 aromatic carbocycles. The van der Waals surface area contributed by atoms with E-state index in [-0.39, 0.29) is 26.9 Å². The Morgan fingerprint density at radius 1 is 0.750 bits per heavy atom. The number of hydrogen-bond donors (Lipinski definition) is 2. The van der Waals surface area contributed by atoms with Crippen LogP contribution in [0, 0.1) is 6.92 Å². The molecule has 0 saturated heterocycles. The molecule has 0 saturated carbocycles. The second kappa shape index (κ2) is 17.4. The molecule has 2 rings (SSSR count). The van der Waals surface area contributed by atoms with Crippen molar-refractivity contribution in [2.45, 2.75) is 160 Å². The van der Waals surface area contributed by atoms with Crippen molar-refractivity contribution in [2.24, 2.45) is 5.73 Å². The molecule has 0 radical (unpaired) electrons. The Morgan fingerprint density at radius 3 is 1.43 bits per heavy atom. The van der Waals surface area contributed by atoms with Gasteiger partial charge in [0.2, 0.25) is 0 Å². The maximum atomic E-state index is 12.3. The maximum absolute atomic E-state index is 12.3. The van der Waals surface area contributed by atoms with Crippen molar-refractivity contribution < 1.29 is 14.6 Å². The number of unbranched alkanes of at least 4 members (excludes halogenated alkanes) is 1. The molecule has 2 aromatic rings. The lowest BCUT2D eigenvalue weighted by atomic mass is 9.79. The van der Waals surface area contributed by atoms with Crippen LogP contribution in [0.1, 0.15) is 150 Å². The summed E-state index contributed by atoms with van der Waals surface area (Å²) in [7, 11) is 1.00. The molecule has 0 aliphatic carbocycles. The number of aliphatic hydroxyl groups excluding tert-OH is 1. The molecule has 0 spiro atoms. The van der Waals surface area contributed by atoms with Gasteiger partial charge in [0.25, 0.3) is 0 Å². The third-order valence-electron chi connectivity index (χ3n) is 7.14. The third kappa shape index (κ3) is 13.1. The molecular formula is C38H65NO3S2. The van der Waals surface area contributed by atoms with Gasteiger partial charge in [0.15, 0.2) is 0 Å². The fraction of sp³-hybridized carbons (Fsp3) is 0.658. The van der Waals surface area contributed by atoms with Crippen LogP contribution in [-0.2, 0) is 21.0 Å². The number of carbonyl (C=O) groups is 1. The first-order valence-corrected chi connectivity index (χ1v) is 17.7. The SMILES string of the molecule is CCCC.CO.Cc1c(C(C)C)cc(SC(C)(C)Sc2cc(C(C)(C)C)c(OC(=O)CN)c(C(C)(C)C)c2)cc1C(C)(C)C. The predicted octanol–water partition coefficient (Wildman–Crippen LogP) is 10.9. The van der Waals surface area contributed by atoms with Gasteiger partial charge in [0.05, 0.1) is 10.6 Å². The van der Waals surface area contributed by atoms with E-state index in [0.717, 1.165) is 18.2 Å². The van der Waals surface area contributed by atoms with Gasteiger partial charge in [-0.15, -0.1) is 23.5 Å². The number of ether oxygens (including phenoxy) is 1. The van der Waals surface area contributed by atoms with Gasteiger partial charge in [-0.05, 0) is 83.9 Å². The molecule has 44 heavy (non-hydrogen) atoms. The average molecular weight is 648 g/mol. The molecule has 0 aliphatic heterocycles. The average Bonchev–Trinajstić information content (AvgIpc) is 2.88. The molecule has 0 amide bonds. The molecule has 0 unspecified atom stereocenters. The van der Waals surface area contributed by atoms with E-state index >= 15 is 0 Å². The number of nitrogens with two attached hydrogens (primary N) is 1. The number of aliphatic hydroxyl groups is 1. The zero-order chi connectivity index (χ0) is 34.8. The molecule has 4 nitrogen and oxygen atoms in total. The molecule has 0 heterocycles. The lowest BCUT2D eigenvalue weighted by Gasteiger charge is -2.32. The van der Waals surface area contributed by atoms with Crippen molar-refractivity contribution in [1.29, 1.82) is 0 Å². The van der Waals surface area contributed by atoms with E-state index in [1.54, 1.807) is 0 Å². The van der Waals surface area contributed by atoms with E-state index in [1.807, 2.05) is 23.5 Å². The van der Waals surface area contributed by atoms with Gasteiger partial charge >= 0.3 is 5.97 Å². The van der Waals surface area contributed by atoms with Crippen molar-refractivity contribution in [3.63, 3.8) is 0 Å². The summed E-state index contributed by atoms with van der Waals surface area (Å²) < 4.78 is 5.75. The molecular weight excluding hydrogens is 583 g/mol. The van der Waals surface area contributed by atoms with Crippen molar-refractivity contribution in [2.75, 3.05) is 13.7 Å². The summed E-state index contributed by atoms with van der Waals surface area (Å²) in [5.74, 6) is 0.720. The highest BCUT2D eigenvalue weighted by molar-refractivity contribution is 8.18. The summed E-state index contributed by atoms with van der Waals surface area (Å²) in [6, 6.07) is 9.19. The lowest BCUT2D eigenvalue weighted by Crippen LogP contribution is -2.25. The topological polar surface area (TPSA) is 72.5 Å². The number of benzene rings is 2. The highest BCUT2D eigenvalue weighted by Gasteiger charge is 2.31. The third-order valence-corrected chi connectivity index (χ3v) is 9.57. The van der Waals surface area contributed by atoms with Crippen molar-refractivity contribution >= 4 is 29.5 Å². The van der Waals surface area contributed by atoms with Gasteiger partial charge in [-0.3, -0.25) is 4.79 Å². The Balaban J connectivity index is 0.00000284. The molecule has 0 fully saturated rings. The van der Waals surface area contributed by atoms with E-state index in [0.29, 0.717) is 11.7 Å². The number of hydrogen-bond acceptors (Lipinski definition) is 6. The minimum Gasteiger partial charge on any atom is -0.425 e. The van der Waals surface area contributed by atoms with Crippen LogP contribution in [0.3, 0.4) is 0 Å². The van der Waals surface area contributed by atoms with Crippen molar-refractivity contribution in [1.82, 2.24) is 0 Å². The molecule has 0 atom stereocenters. The number of esters is 1. The van der Waals surface area contributed by atoms with Crippen LogP contribution in [0.4, 0.5) is 0 Å². The molecule has 0 bridgehead atoms. The van der Waals surface area contributed by atoms with Crippen LogP contribution in [0.15, 0.2) is 34.1 Å². The Labute approximate surface area is 280 Å². The van der Waals surface area contributed by atoms with Crippen molar-refractivity contribution in [3.05, 3.63) is 52.1 Å². The van der Waals surface area contributed by atoms with E-state index in [1.165, 1.54) is 39.3 Å². The van der Waals surface area contributed by atoms with Crippen LogP contribution in [-0.4, -0.2) is 28.8 Å². The first-order chi connectivity index (χ1) is 20.0. The molecule has 252 valence electrons. The van der Waals surface area contributed by atoms with Gasteiger partial charge in [-0.25, -0.2) is 0 Å². The second-order valence-electron chi connectivity index (χ2n) is 15.2. The Hall–Kier alpha value is -1.47. The summed E-state index contributed by atoms with van der Waals surface area (Å²) in [4.78, 5) is 14.8. The van der Waals surface area contributed by atoms with Crippen LogP contribution < -0.4 is 10.5 Å². The number of carbonyl (C=O) groups excluding carboxylic acids is 1. The monoisotopic (exact) mass is 647 g/mol.